The zero-order chi connectivity index (χ0) is 13.9. The summed E-state index contributed by atoms with van der Waals surface area (Å²) in [6.45, 7) is 1.38. The summed E-state index contributed by atoms with van der Waals surface area (Å²) >= 11 is 0. The number of sulfone groups is 1. The second kappa shape index (κ2) is 5.43. The normalized spacial score (nSPS) is 13.1. The van der Waals surface area contributed by atoms with Gasteiger partial charge in [-0.1, -0.05) is 6.92 Å². The molecule has 0 saturated heterocycles. The van der Waals surface area contributed by atoms with E-state index in [1.807, 2.05) is 0 Å². The minimum Gasteiger partial charge on any atom is -0.469 e. The number of halogens is 2. The molecule has 0 aliphatic heterocycles. The third kappa shape index (κ3) is 3.25. The Balaban J connectivity index is 3.00. The summed E-state index contributed by atoms with van der Waals surface area (Å²) in [4.78, 5) is 10.8. The Labute approximate surface area is 103 Å². The number of esters is 1. The molecule has 4 nitrogen and oxygen atoms in total. The maximum Gasteiger partial charge on any atom is 0.309 e. The van der Waals surface area contributed by atoms with Gasteiger partial charge in [-0.3, -0.25) is 4.79 Å². The van der Waals surface area contributed by atoms with Crippen LogP contribution in [0.3, 0.4) is 0 Å². The molecule has 0 heterocycles. The minimum absolute atomic E-state index is 0.364. The molecule has 0 saturated carbocycles. The second-order valence-corrected chi connectivity index (χ2v) is 5.82. The molecule has 1 unspecified atom stereocenters. The van der Waals surface area contributed by atoms with E-state index in [0.717, 1.165) is 19.2 Å². The molecule has 0 spiro atoms. The Morgan fingerprint density at radius 2 is 1.94 bits per heavy atom. The van der Waals surface area contributed by atoms with Gasteiger partial charge in [0.05, 0.1) is 23.7 Å². The lowest BCUT2D eigenvalue weighted by molar-refractivity contribution is -0.144. The van der Waals surface area contributed by atoms with Crippen molar-refractivity contribution in [3.05, 3.63) is 29.8 Å². The zero-order valence-electron chi connectivity index (χ0n) is 9.81. The van der Waals surface area contributed by atoms with E-state index in [0.29, 0.717) is 6.07 Å². The van der Waals surface area contributed by atoms with E-state index in [4.69, 9.17) is 0 Å². The maximum absolute atomic E-state index is 12.9. The molecular formula is C11H12F2O4S. The number of carbonyl (C=O) groups is 1. The van der Waals surface area contributed by atoms with Crippen molar-refractivity contribution in [2.24, 2.45) is 5.92 Å². The molecule has 1 aromatic carbocycles. The van der Waals surface area contributed by atoms with E-state index in [-0.39, 0.29) is 4.90 Å². The molecule has 1 rings (SSSR count). The summed E-state index contributed by atoms with van der Waals surface area (Å²) in [6, 6.07) is 2.28. The Morgan fingerprint density at radius 3 is 2.44 bits per heavy atom. The highest BCUT2D eigenvalue weighted by atomic mass is 32.2. The molecule has 0 radical (unpaired) electrons. The highest BCUT2D eigenvalue weighted by molar-refractivity contribution is 7.91. The number of carbonyl (C=O) groups excluding carboxylic acids is 1. The average molecular weight is 278 g/mol. The first kappa shape index (κ1) is 14.6. The topological polar surface area (TPSA) is 60.4 Å². The molecule has 0 aliphatic carbocycles. The molecular weight excluding hydrogens is 266 g/mol. The summed E-state index contributed by atoms with van der Waals surface area (Å²) in [5.74, 6) is -4.46. The molecule has 0 aliphatic rings. The molecule has 1 aromatic rings. The van der Waals surface area contributed by atoms with Gasteiger partial charge in [0, 0.05) is 0 Å². The van der Waals surface area contributed by atoms with Gasteiger partial charge in [-0.2, -0.15) is 0 Å². The van der Waals surface area contributed by atoms with E-state index in [9.17, 15) is 22.0 Å². The van der Waals surface area contributed by atoms with Crippen molar-refractivity contribution in [2.75, 3.05) is 12.9 Å². The molecule has 100 valence electrons. The van der Waals surface area contributed by atoms with Crippen LogP contribution < -0.4 is 0 Å². The van der Waals surface area contributed by atoms with Crippen LogP contribution in [-0.4, -0.2) is 27.2 Å². The van der Waals surface area contributed by atoms with Gasteiger partial charge in [-0.25, -0.2) is 17.2 Å². The van der Waals surface area contributed by atoms with Crippen LogP contribution in [0.2, 0.25) is 0 Å². The molecule has 0 amide bonds. The fourth-order valence-corrected chi connectivity index (χ4v) is 2.91. The first-order valence-corrected chi connectivity index (χ1v) is 6.69. The van der Waals surface area contributed by atoms with Gasteiger partial charge < -0.3 is 4.74 Å². The Morgan fingerprint density at radius 1 is 1.33 bits per heavy atom. The molecule has 0 bridgehead atoms. The Kier molecular flexibility index (Phi) is 4.39. The number of benzene rings is 1. The highest BCUT2D eigenvalue weighted by Gasteiger charge is 2.24. The number of rotatable bonds is 4. The minimum atomic E-state index is -3.86. The van der Waals surface area contributed by atoms with Crippen molar-refractivity contribution in [1.82, 2.24) is 0 Å². The van der Waals surface area contributed by atoms with Gasteiger partial charge in [0.25, 0.3) is 0 Å². The first-order chi connectivity index (χ1) is 8.27. The molecule has 0 N–H and O–H groups in total. The quantitative estimate of drug-likeness (QED) is 0.619. The third-order valence-corrected chi connectivity index (χ3v) is 4.23. The lowest BCUT2D eigenvalue weighted by Crippen LogP contribution is -2.22. The van der Waals surface area contributed by atoms with Crippen molar-refractivity contribution in [1.29, 1.82) is 0 Å². The zero-order valence-corrected chi connectivity index (χ0v) is 10.6. The van der Waals surface area contributed by atoms with Crippen molar-refractivity contribution >= 4 is 15.8 Å². The largest absolute Gasteiger partial charge is 0.469 e. The maximum atomic E-state index is 12.9. The van der Waals surface area contributed by atoms with Crippen LogP contribution >= 0.6 is 0 Å². The molecule has 18 heavy (non-hydrogen) atoms. The van der Waals surface area contributed by atoms with Gasteiger partial charge in [-0.05, 0) is 18.2 Å². The summed E-state index contributed by atoms with van der Waals surface area (Å²) in [5.41, 5.74) is 0. The number of ether oxygens (including phenoxy) is 1. The van der Waals surface area contributed by atoms with Gasteiger partial charge in [0.2, 0.25) is 0 Å². The summed E-state index contributed by atoms with van der Waals surface area (Å²) in [7, 11) is -2.72. The van der Waals surface area contributed by atoms with Crippen LogP contribution in [0.1, 0.15) is 6.92 Å². The summed E-state index contributed by atoms with van der Waals surface area (Å²) in [6.07, 6.45) is 0. The Hall–Kier alpha value is -1.50. The van der Waals surface area contributed by atoms with Crippen LogP contribution in [0.25, 0.3) is 0 Å². The van der Waals surface area contributed by atoms with Crippen LogP contribution in [0.4, 0.5) is 8.78 Å². The SMILES string of the molecule is COC(=O)C(C)CS(=O)(=O)c1ccc(F)c(F)c1. The van der Waals surface area contributed by atoms with Crippen molar-refractivity contribution in [2.45, 2.75) is 11.8 Å². The van der Waals surface area contributed by atoms with Gasteiger partial charge in [-0.15, -0.1) is 0 Å². The van der Waals surface area contributed by atoms with Gasteiger partial charge >= 0.3 is 5.97 Å². The van der Waals surface area contributed by atoms with Crippen LogP contribution in [-0.2, 0) is 19.4 Å². The van der Waals surface area contributed by atoms with Crippen LogP contribution in [0.5, 0.6) is 0 Å². The summed E-state index contributed by atoms with van der Waals surface area (Å²) in [5, 5.41) is 0. The van der Waals surface area contributed by atoms with E-state index in [2.05, 4.69) is 4.74 Å². The molecule has 0 aromatic heterocycles. The predicted octanol–water partition coefficient (Wildman–Crippen LogP) is 1.55. The van der Waals surface area contributed by atoms with Crippen LogP contribution in [0, 0.1) is 17.6 Å². The molecule has 7 heteroatoms. The number of hydrogen-bond donors (Lipinski definition) is 0. The summed E-state index contributed by atoms with van der Waals surface area (Å²) < 4.78 is 53.7. The van der Waals surface area contributed by atoms with E-state index >= 15 is 0 Å². The van der Waals surface area contributed by atoms with E-state index in [1.165, 1.54) is 6.92 Å². The lowest BCUT2D eigenvalue weighted by Gasteiger charge is -2.10. The van der Waals surface area contributed by atoms with E-state index in [1.54, 1.807) is 0 Å². The number of hydrogen-bond acceptors (Lipinski definition) is 4. The monoisotopic (exact) mass is 278 g/mol. The van der Waals surface area contributed by atoms with Crippen LogP contribution in [0.15, 0.2) is 23.1 Å². The fraction of sp³-hybridized carbons (Fsp3) is 0.364. The Bertz CT molecular complexity index is 554. The lowest BCUT2D eigenvalue weighted by atomic mass is 10.2. The predicted molar refractivity (Wildman–Crippen MR) is 59.6 cm³/mol. The first-order valence-electron chi connectivity index (χ1n) is 5.03. The standard InChI is InChI=1S/C11H12F2O4S/c1-7(11(14)17-2)6-18(15,16)8-3-4-9(12)10(13)5-8/h3-5,7H,6H2,1-2H3. The molecule has 1 atom stereocenters. The smallest absolute Gasteiger partial charge is 0.309 e. The highest BCUT2D eigenvalue weighted by Crippen LogP contribution is 2.17. The van der Waals surface area contributed by atoms with Crippen molar-refractivity contribution in [3.63, 3.8) is 0 Å². The second-order valence-electron chi connectivity index (χ2n) is 3.78. The third-order valence-electron chi connectivity index (χ3n) is 2.32. The van der Waals surface area contributed by atoms with Gasteiger partial charge in [0.15, 0.2) is 21.5 Å². The average Bonchev–Trinajstić information content (AvgIpc) is 2.30. The van der Waals surface area contributed by atoms with Crippen molar-refractivity contribution < 1.29 is 26.7 Å². The number of methoxy groups -OCH3 is 1. The van der Waals surface area contributed by atoms with E-state index < -0.39 is 39.1 Å². The molecule has 0 fully saturated rings. The van der Waals surface area contributed by atoms with Crippen molar-refractivity contribution in [3.8, 4) is 0 Å². The fourth-order valence-electron chi connectivity index (χ4n) is 1.36. The van der Waals surface area contributed by atoms with Gasteiger partial charge in [0.1, 0.15) is 0 Å².